The first-order valence-corrected chi connectivity index (χ1v) is 8.22. The highest BCUT2D eigenvalue weighted by Gasteiger charge is 2.35. The van der Waals surface area contributed by atoms with Crippen LogP contribution in [0, 0.1) is 6.92 Å². The SMILES string of the molecule is Cc1ccc2oc(C(=O)N3C[C@@H](N)[C@H](c4ccccc4)C3)cc2c1. The summed E-state index contributed by atoms with van der Waals surface area (Å²) < 4.78 is 5.74. The lowest BCUT2D eigenvalue weighted by Crippen LogP contribution is -2.32. The van der Waals surface area contributed by atoms with E-state index in [-0.39, 0.29) is 17.9 Å². The molecular weight excluding hydrogens is 300 g/mol. The number of amides is 1. The largest absolute Gasteiger partial charge is 0.451 e. The maximum absolute atomic E-state index is 12.8. The molecule has 1 aromatic heterocycles. The smallest absolute Gasteiger partial charge is 0.289 e. The number of carbonyl (C=O) groups excluding carboxylic acids is 1. The minimum atomic E-state index is -0.0854. The number of rotatable bonds is 2. The van der Waals surface area contributed by atoms with Gasteiger partial charge in [0.15, 0.2) is 5.76 Å². The Balaban J connectivity index is 1.58. The van der Waals surface area contributed by atoms with Gasteiger partial charge in [-0.1, -0.05) is 42.0 Å². The number of hydrogen-bond acceptors (Lipinski definition) is 3. The van der Waals surface area contributed by atoms with Crippen LogP contribution in [-0.2, 0) is 0 Å². The van der Waals surface area contributed by atoms with Crippen molar-refractivity contribution in [3.8, 4) is 0 Å². The fraction of sp³-hybridized carbons (Fsp3) is 0.250. The molecule has 1 saturated heterocycles. The molecule has 4 heteroatoms. The van der Waals surface area contributed by atoms with Gasteiger partial charge in [0.05, 0.1) is 0 Å². The molecule has 2 N–H and O–H groups in total. The average Bonchev–Trinajstić information content (AvgIpc) is 3.18. The number of fused-ring (bicyclic) bond motifs is 1. The number of furan rings is 1. The van der Waals surface area contributed by atoms with Gasteiger partial charge < -0.3 is 15.1 Å². The van der Waals surface area contributed by atoms with Gasteiger partial charge in [0, 0.05) is 30.4 Å². The molecule has 1 aliphatic rings. The Morgan fingerprint density at radius 2 is 1.92 bits per heavy atom. The lowest BCUT2D eigenvalue weighted by Gasteiger charge is -2.15. The first-order chi connectivity index (χ1) is 11.6. The van der Waals surface area contributed by atoms with Crippen molar-refractivity contribution in [3.05, 3.63) is 71.5 Å². The third-order valence-corrected chi connectivity index (χ3v) is 4.76. The third-order valence-electron chi connectivity index (χ3n) is 4.76. The fourth-order valence-corrected chi connectivity index (χ4v) is 3.47. The second-order valence-corrected chi connectivity index (χ2v) is 6.54. The van der Waals surface area contributed by atoms with Gasteiger partial charge in [-0.25, -0.2) is 0 Å². The Morgan fingerprint density at radius 3 is 2.71 bits per heavy atom. The van der Waals surface area contributed by atoms with Crippen molar-refractivity contribution in [2.24, 2.45) is 5.73 Å². The molecule has 24 heavy (non-hydrogen) atoms. The van der Waals surface area contributed by atoms with Crippen LogP contribution in [0.25, 0.3) is 11.0 Å². The zero-order valence-electron chi connectivity index (χ0n) is 13.6. The quantitative estimate of drug-likeness (QED) is 0.788. The third kappa shape index (κ3) is 2.59. The summed E-state index contributed by atoms with van der Waals surface area (Å²) in [7, 11) is 0. The number of likely N-dealkylation sites (tertiary alicyclic amines) is 1. The molecular formula is C20H20N2O2. The van der Waals surface area contributed by atoms with E-state index in [0.29, 0.717) is 18.8 Å². The highest BCUT2D eigenvalue weighted by atomic mass is 16.3. The van der Waals surface area contributed by atoms with Gasteiger partial charge in [0.1, 0.15) is 5.58 Å². The molecule has 2 aromatic carbocycles. The van der Waals surface area contributed by atoms with Crippen LogP contribution in [-0.4, -0.2) is 29.9 Å². The summed E-state index contributed by atoms with van der Waals surface area (Å²) in [6.45, 7) is 3.20. The zero-order valence-corrected chi connectivity index (χ0v) is 13.6. The molecule has 122 valence electrons. The molecule has 2 atom stereocenters. The maximum Gasteiger partial charge on any atom is 0.289 e. The van der Waals surface area contributed by atoms with Crippen molar-refractivity contribution in [1.29, 1.82) is 0 Å². The van der Waals surface area contributed by atoms with Gasteiger partial charge in [-0.05, 0) is 30.7 Å². The van der Waals surface area contributed by atoms with Gasteiger partial charge in [0.25, 0.3) is 5.91 Å². The van der Waals surface area contributed by atoms with E-state index < -0.39 is 0 Å². The lowest BCUT2D eigenvalue weighted by molar-refractivity contribution is 0.0760. The molecule has 0 spiro atoms. The summed E-state index contributed by atoms with van der Waals surface area (Å²) >= 11 is 0. The van der Waals surface area contributed by atoms with Crippen molar-refractivity contribution in [2.75, 3.05) is 13.1 Å². The summed E-state index contributed by atoms with van der Waals surface area (Å²) in [4.78, 5) is 14.6. The normalized spacial score (nSPS) is 20.7. The Bertz CT molecular complexity index is 885. The van der Waals surface area contributed by atoms with Gasteiger partial charge >= 0.3 is 0 Å². The molecule has 4 rings (SSSR count). The van der Waals surface area contributed by atoms with Crippen molar-refractivity contribution >= 4 is 16.9 Å². The minimum absolute atomic E-state index is 0.0528. The minimum Gasteiger partial charge on any atom is -0.451 e. The number of carbonyl (C=O) groups is 1. The Hall–Kier alpha value is -2.59. The topological polar surface area (TPSA) is 59.5 Å². The molecule has 0 saturated carbocycles. The summed E-state index contributed by atoms with van der Waals surface area (Å²) in [6, 6.07) is 17.8. The number of nitrogens with two attached hydrogens (primary N) is 1. The zero-order chi connectivity index (χ0) is 16.7. The highest BCUT2D eigenvalue weighted by molar-refractivity contribution is 5.96. The summed E-state index contributed by atoms with van der Waals surface area (Å²) in [5.74, 6) is 0.469. The number of aryl methyl sites for hydroxylation is 1. The molecule has 0 aliphatic carbocycles. The van der Waals surface area contributed by atoms with Crippen molar-refractivity contribution < 1.29 is 9.21 Å². The van der Waals surface area contributed by atoms with Crippen LogP contribution >= 0.6 is 0 Å². The van der Waals surface area contributed by atoms with Crippen molar-refractivity contribution in [3.63, 3.8) is 0 Å². The predicted molar refractivity (Wildman–Crippen MR) is 94.0 cm³/mol. The Morgan fingerprint density at radius 1 is 1.12 bits per heavy atom. The van der Waals surface area contributed by atoms with Gasteiger partial charge in [-0.15, -0.1) is 0 Å². The number of nitrogens with zero attached hydrogens (tertiary/aromatic N) is 1. The van der Waals surface area contributed by atoms with Crippen LogP contribution in [0.2, 0.25) is 0 Å². The molecule has 0 radical (unpaired) electrons. The van der Waals surface area contributed by atoms with Crippen molar-refractivity contribution in [1.82, 2.24) is 4.90 Å². The standard InChI is InChI=1S/C20H20N2O2/c1-13-7-8-18-15(9-13)10-19(24-18)20(23)22-11-16(17(21)12-22)14-5-3-2-4-6-14/h2-10,16-17H,11-12,21H2,1H3/t16-,17+/m0/s1. The molecule has 1 amide bonds. The predicted octanol–water partition coefficient (Wildman–Crippen LogP) is 3.31. The van der Waals surface area contributed by atoms with E-state index in [2.05, 4.69) is 12.1 Å². The van der Waals surface area contributed by atoms with E-state index in [1.807, 2.05) is 49.4 Å². The van der Waals surface area contributed by atoms with Crippen molar-refractivity contribution in [2.45, 2.75) is 18.9 Å². The fourth-order valence-electron chi connectivity index (χ4n) is 3.47. The lowest BCUT2D eigenvalue weighted by atomic mass is 9.95. The van der Waals surface area contributed by atoms with Crippen LogP contribution in [0.5, 0.6) is 0 Å². The van der Waals surface area contributed by atoms with E-state index >= 15 is 0 Å². The summed E-state index contributed by atoms with van der Waals surface area (Å²) in [6.07, 6.45) is 0. The van der Waals surface area contributed by atoms with Crippen LogP contribution < -0.4 is 5.73 Å². The molecule has 1 fully saturated rings. The van der Waals surface area contributed by atoms with E-state index in [1.54, 1.807) is 4.90 Å². The number of hydrogen-bond donors (Lipinski definition) is 1. The van der Waals surface area contributed by atoms with Crippen LogP contribution in [0.4, 0.5) is 0 Å². The van der Waals surface area contributed by atoms with E-state index in [0.717, 1.165) is 16.5 Å². The Labute approximate surface area is 140 Å². The first-order valence-electron chi connectivity index (χ1n) is 8.22. The van der Waals surface area contributed by atoms with E-state index in [9.17, 15) is 4.79 Å². The summed E-state index contributed by atoms with van der Waals surface area (Å²) in [5, 5.41) is 0.960. The molecule has 2 heterocycles. The first kappa shape index (κ1) is 15.0. The molecule has 4 nitrogen and oxygen atoms in total. The van der Waals surface area contributed by atoms with Gasteiger partial charge in [-0.3, -0.25) is 4.79 Å². The van der Waals surface area contributed by atoms with Crippen LogP contribution in [0.15, 0.2) is 59.0 Å². The van der Waals surface area contributed by atoms with Crippen LogP contribution in [0.3, 0.4) is 0 Å². The average molecular weight is 320 g/mol. The molecule has 1 aliphatic heterocycles. The van der Waals surface area contributed by atoms with Crippen LogP contribution in [0.1, 0.15) is 27.6 Å². The molecule has 0 bridgehead atoms. The second kappa shape index (κ2) is 5.80. The van der Waals surface area contributed by atoms with Gasteiger partial charge in [-0.2, -0.15) is 0 Å². The van der Waals surface area contributed by atoms with E-state index in [4.69, 9.17) is 10.2 Å². The molecule has 0 unspecified atom stereocenters. The van der Waals surface area contributed by atoms with E-state index in [1.165, 1.54) is 5.56 Å². The highest BCUT2D eigenvalue weighted by Crippen LogP contribution is 2.29. The Kier molecular flexibility index (Phi) is 3.62. The maximum atomic E-state index is 12.8. The summed E-state index contributed by atoms with van der Waals surface area (Å²) in [5.41, 5.74) is 9.36. The monoisotopic (exact) mass is 320 g/mol. The van der Waals surface area contributed by atoms with Gasteiger partial charge in [0.2, 0.25) is 0 Å². The molecule has 3 aromatic rings. The second-order valence-electron chi connectivity index (χ2n) is 6.54. The number of benzene rings is 2.